The highest BCUT2D eigenvalue weighted by atomic mass is 32.1. The van der Waals surface area contributed by atoms with Crippen molar-refractivity contribution in [3.63, 3.8) is 0 Å². The van der Waals surface area contributed by atoms with Crippen molar-refractivity contribution in [1.29, 1.82) is 0 Å². The molecule has 0 aliphatic heterocycles. The molecular weight excluding hydrogens is 150 g/mol. The minimum absolute atomic E-state index is 0.711. The van der Waals surface area contributed by atoms with E-state index < -0.39 is 5.97 Å². The molecule has 0 radical (unpaired) electrons. The molecule has 0 aliphatic rings. The molecule has 0 aromatic carbocycles. The highest BCUT2D eigenvalue weighted by molar-refractivity contribution is 7.10. The molecular formula is C6H5NO2S. The van der Waals surface area contributed by atoms with E-state index in [0.29, 0.717) is 5.01 Å². The maximum absolute atomic E-state index is 9.98. The van der Waals surface area contributed by atoms with Gasteiger partial charge in [0.15, 0.2) is 0 Å². The predicted octanol–water partition coefficient (Wildman–Crippen LogP) is 1.24. The van der Waals surface area contributed by atoms with E-state index in [-0.39, 0.29) is 0 Å². The first-order chi connectivity index (χ1) is 4.79. The number of hydrogen-bond acceptors (Lipinski definition) is 3. The number of carbonyl (C=O) groups is 1. The first kappa shape index (κ1) is 6.95. The summed E-state index contributed by atoms with van der Waals surface area (Å²) in [4.78, 5) is 13.8. The van der Waals surface area contributed by atoms with Gasteiger partial charge in [-0.3, -0.25) is 0 Å². The Hall–Kier alpha value is -1.16. The van der Waals surface area contributed by atoms with Crippen LogP contribution in [0.3, 0.4) is 0 Å². The van der Waals surface area contributed by atoms with Gasteiger partial charge in [-0.05, 0) is 6.08 Å². The molecule has 3 nitrogen and oxygen atoms in total. The largest absolute Gasteiger partial charge is 0.478 e. The first-order valence-electron chi connectivity index (χ1n) is 2.59. The van der Waals surface area contributed by atoms with Crippen molar-refractivity contribution in [2.75, 3.05) is 0 Å². The van der Waals surface area contributed by atoms with E-state index in [1.807, 2.05) is 0 Å². The zero-order valence-electron chi connectivity index (χ0n) is 5.02. The number of aliphatic carboxylic acids is 1. The number of carboxylic acids is 1. The normalized spacial score (nSPS) is 10.4. The molecule has 0 bridgehead atoms. The molecule has 0 saturated heterocycles. The molecule has 1 heterocycles. The van der Waals surface area contributed by atoms with Crippen molar-refractivity contribution in [2.45, 2.75) is 0 Å². The van der Waals surface area contributed by atoms with Crippen molar-refractivity contribution in [1.82, 2.24) is 4.98 Å². The summed E-state index contributed by atoms with van der Waals surface area (Å²) in [6.07, 6.45) is 4.16. The lowest BCUT2D eigenvalue weighted by Gasteiger charge is -1.77. The molecule has 10 heavy (non-hydrogen) atoms. The zero-order valence-corrected chi connectivity index (χ0v) is 5.84. The van der Waals surface area contributed by atoms with Crippen LogP contribution in [0.15, 0.2) is 17.7 Å². The van der Waals surface area contributed by atoms with Crippen LogP contribution in [-0.2, 0) is 4.79 Å². The number of nitrogens with zero attached hydrogens (tertiary/aromatic N) is 1. The van der Waals surface area contributed by atoms with Crippen LogP contribution in [-0.4, -0.2) is 16.1 Å². The predicted molar refractivity (Wildman–Crippen MR) is 38.8 cm³/mol. The summed E-state index contributed by atoms with van der Waals surface area (Å²) in [6.45, 7) is 0. The smallest absolute Gasteiger partial charge is 0.328 e. The number of rotatable bonds is 2. The SMILES string of the molecule is O=C(O)/C=C/c1nccs1. The molecule has 0 aliphatic carbocycles. The van der Waals surface area contributed by atoms with Crippen LogP contribution < -0.4 is 0 Å². The average Bonchev–Trinajstić information content (AvgIpc) is 2.34. The van der Waals surface area contributed by atoms with Crippen LogP contribution >= 0.6 is 11.3 Å². The Morgan fingerprint density at radius 3 is 3.10 bits per heavy atom. The molecule has 1 N–H and O–H groups in total. The van der Waals surface area contributed by atoms with Crippen LogP contribution in [0.2, 0.25) is 0 Å². The van der Waals surface area contributed by atoms with Gasteiger partial charge in [-0.25, -0.2) is 9.78 Å². The van der Waals surface area contributed by atoms with E-state index in [1.54, 1.807) is 11.6 Å². The van der Waals surface area contributed by atoms with E-state index in [2.05, 4.69) is 4.98 Å². The third-order valence-electron chi connectivity index (χ3n) is 0.820. The second-order valence-electron chi connectivity index (χ2n) is 1.54. The summed E-state index contributed by atoms with van der Waals surface area (Å²) < 4.78 is 0. The van der Waals surface area contributed by atoms with Crippen LogP contribution in [0.5, 0.6) is 0 Å². The molecule has 4 heteroatoms. The van der Waals surface area contributed by atoms with Gasteiger partial charge in [-0.15, -0.1) is 11.3 Å². The lowest BCUT2D eigenvalue weighted by molar-refractivity contribution is -0.131. The molecule has 0 spiro atoms. The minimum atomic E-state index is -0.949. The van der Waals surface area contributed by atoms with E-state index >= 15 is 0 Å². The lowest BCUT2D eigenvalue weighted by Crippen LogP contribution is -1.84. The molecule has 1 aromatic heterocycles. The maximum Gasteiger partial charge on any atom is 0.328 e. The Kier molecular flexibility index (Phi) is 2.17. The van der Waals surface area contributed by atoms with E-state index in [1.165, 1.54) is 17.4 Å². The van der Waals surface area contributed by atoms with Crippen LogP contribution in [0.25, 0.3) is 6.08 Å². The van der Waals surface area contributed by atoms with Gasteiger partial charge in [-0.1, -0.05) is 0 Å². The Bertz CT molecular complexity index is 240. The van der Waals surface area contributed by atoms with Crippen molar-refractivity contribution in [2.24, 2.45) is 0 Å². The van der Waals surface area contributed by atoms with Gasteiger partial charge in [0.25, 0.3) is 0 Å². The second-order valence-corrected chi connectivity index (χ2v) is 2.47. The van der Waals surface area contributed by atoms with Crippen LogP contribution in [0.1, 0.15) is 5.01 Å². The van der Waals surface area contributed by atoms with E-state index in [9.17, 15) is 4.79 Å². The summed E-state index contributed by atoms with van der Waals surface area (Å²) in [5.74, 6) is -0.949. The summed E-state index contributed by atoms with van der Waals surface area (Å²) >= 11 is 1.40. The van der Waals surface area contributed by atoms with Gasteiger partial charge in [0.2, 0.25) is 0 Å². The summed E-state index contributed by atoms with van der Waals surface area (Å²) in [6, 6.07) is 0. The second kappa shape index (κ2) is 3.12. The van der Waals surface area contributed by atoms with Gasteiger partial charge in [0.1, 0.15) is 5.01 Å². The number of thiazole rings is 1. The highest BCUT2D eigenvalue weighted by Gasteiger charge is 1.88. The Morgan fingerprint density at radius 1 is 1.80 bits per heavy atom. The average molecular weight is 155 g/mol. The molecule has 0 saturated carbocycles. The van der Waals surface area contributed by atoms with Crippen molar-refractivity contribution < 1.29 is 9.90 Å². The van der Waals surface area contributed by atoms with Crippen molar-refractivity contribution >= 4 is 23.4 Å². The summed E-state index contributed by atoms with van der Waals surface area (Å²) in [7, 11) is 0. The molecule has 0 fully saturated rings. The fourth-order valence-corrected chi connectivity index (χ4v) is 0.989. The maximum atomic E-state index is 9.98. The topological polar surface area (TPSA) is 50.2 Å². The zero-order chi connectivity index (χ0) is 7.40. The van der Waals surface area contributed by atoms with Crippen molar-refractivity contribution in [3.05, 3.63) is 22.7 Å². The minimum Gasteiger partial charge on any atom is -0.478 e. The van der Waals surface area contributed by atoms with Gasteiger partial charge in [-0.2, -0.15) is 0 Å². The van der Waals surface area contributed by atoms with Crippen LogP contribution in [0.4, 0.5) is 0 Å². The third-order valence-corrected chi connectivity index (χ3v) is 1.56. The van der Waals surface area contributed by atoms with Gasteiger partial charge in [0.05, 0.1) is 0 Å². The van der Waals surface area contributed by atoms with E-state index in [0.717, 1.165) is 6.08 Å². The highest BCUT2D eigenvalue weighted by Crippen LogP contribution is 2.04. The summed E-state index contributed by atoms with van der Waals surface area (Å²) in [5.41, 5.74) is 0. The molecule has 0 amide bonds. The Labute approximate surface area is 61.7 Å². The summed E-state index contributed by atoms with van der Waals surface area (Å²) in [5, 5.41) is 10.7. The molecule has 1 aromatic rings. The fraction of sp³-hybridized carbons (Fsp3) is 0. The first-order valence-corrected chi connectivity index (χ1v) is 3.47. The molecule has 0 atom stereocenters. The Morgan fingerprint density at radius 2 is 2.60 bits per heavy atom. The van der Waals surface area contributed by atoms with Gasteiger partial charge in [0, 0.05) is 17.7 Å². The molecule has 1 rings (SSSR count). The number of hydrogen-bond donors (Lipinski definition) is 1. The molecule has 0 unspecified atom stereocenters. The third kappa shape index (κ3) is 1.99. The van der Waals surface area contributed by atoms with Gasteiger partial charge >= 0.3 is 5.97 Å². The van der Waals surface area contributed by atoms with E-state index in [4.69, 9.17) is 5.11 Å². The Balaban J connectivity index is 2.64. The molecule has 52 valence electrons. The van der Waals surface area contributed by atoms with Crippen LogP contribution in [0, 0.1) is 0 Å². The number of aromatic nitrogens is 1. The quantitative estimate of drug-likeness (QED) is 0.654. The standard InChI is InChI=1S/C6H5NO2S/c8-6(9)2-1-5-7-3-4-10-5/h1-4H,(H,8,9)/b2-1+. The van der Waals surface area contributed by atoms with Gasteiger partial charge < -0.3 is 5.11 Å². The number of carboxylic acid groups (broad SMARTS) is 1. The van der Waals surface area contributed by atoms with Crippen molar-refractivity contribution in [3.8, 4) is 0 Å². The monoisotopic (exact) mass is 155 g/mol. The lowest BCUT2D eigenvalue weighted by atomic mass is 10.5. The fourth-order valence-electron chi connectivity index (χ4n) is 0.459.